The summed E-state index contributed by atoms with van der Waals surface area (Å²) in [7, 11) is 1.44. The third kappa shape index (κ3) is 4.17. The van der Waals surface area contributed by atoms with E-state index in [0.29, 0.717) is 11.3 Å². The van der Waals surface area contributed by atoms with Crippen LogP contribution in [0.1, 0.15) is 17.2 Å². The Kier molecular flexibility index (Phi) is 6.34. The van der Waals surface area contributed by atoms with Crippen molar-refractivity contribution in [2.24, 2.45) is 0 Å². The number of benzene rings is 3. The van der Waals surface area contributed by atoms with Crippen LogP contribution in [0.5, 0.6) is 5.75 Å². The van der Waals surface area contributed by atoms with E-state index in [9.17, 15) is 19.1 Å². The minimum Gasteiger partial charge on any atom is -0.507 e. The predicted octanol–water partition coefficient (Wildman–Crippen LogP) is 6.42. The Labute approximate surface area is 203 Å². The number of aliphatic hydroxyl groups is 1. The first-order valence-corrected chi connectivity index (χ1v) is 10.7. The molecule has 1 amide bonds. The Morgan fingerprint density at radius 2 is 1.61 bits per heavy atom. The Hall–Kier alpha value is -3.06. The molecule has 4 rings (SSSR count). The molecule has 0 aliphatic carbocycles. The Bertz CT molecular complexity index is 1310. The standard InChI is InChI=1S/C24H15Cl3FNO4/c1-33-15-7-9-17(25)16(11-15)22(30)20-21(12-2-8-18(26)19(27)10-12)29(24(32)23(20)31)14-5-3-13(28)4-6-14/h2-11,21,30H,1H3/b22-20+. The molecule has 5 nitrogen and oxygen atoms in total. The van der Waals surface area contributed by atoms with Crippen molar-refractivity contribution in [1.82, 2.24) is 0 Å². The molecular weight excluding hydrogens is 492 g/mol. The van der Waals surface area contributed by atoms with Crippen LogP contribution in [0.4, 0.5) is 10.1 Å². The maximum absolute atomic E-state index is 13.5. The van der Waals surface area contributed by atoms with Gasteiger partial charge in [-0.25, -0.2) is 4.39 Å². The van der Waals surface area contributed by atoms with Crippen LogP contribution in [0, 0.1) is 5.82 Å². The Balaban J connectivity index is 1.99. The fourth-order valence-electron chi connectivity index (χ4n) is 3.66. The van der Waals surface area contributed by atoms with Gasteiger partial charge in [0.1, 0.15) is 17.3 Å². The number of nitrogens with zero attached hydrogens (tertiary/aromatic N) is 1. The van der Waals surface area contributed by atoms with E-state index < -0.39 is 29.3 Å². The van der Waals surface area contributed by atoms with Gasteiger partial charge in [-0.1, -0.05) is 40.9 Å². The van der Waals surface area contributed by atoms with Gasteiger partial charge in [-0.15, -0.1) is 0 Å². The van der Waals surface area contributed by atoms with Crippen molar-refractivity contribution in [3.05, 3.63) is 98.2 Å². The molecule has 1 atom stereocenters. The van der Waals surface area contributed by atoms with Crippen LogP contribution in [0.15, 0.2) is 66.2 Å². The number of amides is 1. The van der Waals surface area contributed by atoms with Gasteiger partial charge in [0.15, 0.2) is 0 Å². The number of ketones is 1. The van der Waals surface area contributed by atoms with Gasteiger partial charge in [-0.05, 0) is 60.2 Å². The van der Waals surface area contributed by atoms with Gasteiger partial charge in [0.2, 0.25) is 0 Å². The second-order valence-corrected chi connectivity index (χ2v) is 8.39. The third-order valence-electron chi connectivity index (χ3n) is 5.24. The molecule has 1 N–H and O–H groups in total. The average molecular weight is 507 g/mol. The second kappa shape index (κ2) is 9.06. The number of halogens is 4. The molecule has 168 valence electrons. The van der Waals surface area contributed by atoms with Crippen LogP contribution in [0.25, 0.3) is 5.76 Å². The summed E-state index contributed by atoms with van der Waals surface area (Å²) in [6, 6.07) is 13.1. The second-order valence-electron chi connectivity index (χ2n) is 7.16. The van der Waals surface area contributed by atoms with E-state index in [4.69, 9.17) is 39.5 Å². The number of anilines is 1. The average Bonchev–Trinajstić information content (AvgIpc) is 3.07. The minimum atomic E-state index is -1.08. The van der Waals surface area contributed by atoms with Crippen LogP contribution in [-0.4, -0.2) is 23.9 Å². The van der Waals surface area contributed by atoms with E-state index in [2.05, 4.69) is 0 Å². The number of carbonyl (C=O) groups is 2. The van der Waals surface area contributed by atoms with Crippen molar-refractivity contribution >= 4 is 57.9 Å². The Morgan fingerprint density at radius 1 is 0.939 bits per heavy atom. The fourth-order valence-corrected chi connectivity index (χ4v) is 4.17. The monoisotopic (exact) mass is 505 g/mol. The van der Waals surface area contributed by atoms with Crippen LogP contribution in [0.3, 0.4) is 0 Å². The predicted molar refractivity (Wildman–Crippen MR) is 126 cm³/mol. The lowest BCUT2D eigenvalue weighted by molar-refractivity contribution is -0.132. The molecule has 0 aromatic heterocycles. The summed E-state index contributed by atoms with van der Waals surface area (Å²) in [6.45, 7) is 0. The highest BCUT2D eigenvalue weighted by atomic mass is 35.5. The fraction of sp³-hybridized carbons (Fsp3) is 0.0833. The molecular formula is C24H15Cl3FNO4. The first-order valence-electron chi connectivity index (χ1n) is 9.58. The lowest BCUT2D eigenvalue weighted by atomic mass is 9.95. The van der Waals surface area contributed by atoms with Crippen molar-refractivity contribution in [2.75, 3.05) is 12.0 Å². The summed E-state index contributed by atoms with van der Waals surface area (Å²) < 4.78 is 18.7. The molecule has 9 heteroatoms. The van der Waals surface area contributed by atoms with Gasteiger partial charge in [0, 0.05) is 11.3 Å². The van der Waals surface area contributed by atoms with Crippen LogP contribution >= 0.6 is 34.8 Å². The van der Waals surface area contributed by atoms with Crippen molar-refractivity contribution in [3.63, 3.8) is 0 Å². The zero-order valence-electron chi connectivity index (χ0n) is 17.0. The smallest absolute Gasteiger partial charge is 0.300 e. The van der Waals surface area contributed by atoms with Crippen LogP contribution in [-0.2, 0) is 9.59 Å². The molecule has 0 spiro atoms. The topological polar surface area (TPSA) is 66.8 Å². The zero-order chi connectivity index (χ0) is 23.9. The molecule has 1 fully saturated rings. The SMILES string of the molecule is COc1ccc(Cl)c(/C(O)=C2\C(=O)C(=O)N(c3ccc(F)cc3)C2c2ccc(Cl)c(Cl)c2)c1. The van der Waals surface area contributed by atoms with Gasteiger partial charge < -0.3 is 9.84 Å². The summed E-state index contributed by atoms with van der Waals surface area (Å²) in [6.07, 6.45) is 0. The number of carbonyl (C=O) groups excluding carboxylic acids is 2. The van der Waals surface area contributed by atoms with Crippen molar-refractivity contribution in [2.45, 2.75) is 6.04 Å². The van der Waals surface area contributed by atoms with Crippen molar-refractivity contribution in [3.8, 4) is 5.75 Å². The highest BCUT2D eigenvalue weighted by molar-refractivity contribution is 6.52. The van der Waals surface area contributed by atoms with Gasteiger partial charge >= 0.3 is 0 Å². The van der Waals surface area contributed by atoms with Crippen LogP contribution < -0.4 is 9.64 Å². The number of aliphatic hydroxyl groups excluding tert-OH is 1. The third-order valence-corrected chi connectivity index (χ3v) is 6.31. The number of hydrogen-bond donors (Lipinski definition) is 1. The lowest BCUT2D eigenvalue weighted by Crippen LogP contribution is -2.29. The number of hydrogen-bond acceptors (Lipinski definition) is 4. The minimum absolute atomic E-state index is 0.109. The highest BCUT2D eigenvalue weighted by Crippen LogP contribution is 2.44. The lowest BCUT2D eigenvalue weighted by Gasteiger charge is -2.25. The maximum Gasteiger partial charge on any atom is 0.300 e. The summed E-state index contributed by atoms with van der Waals surface area (Å²) in [4.78, 5) is 27.4. The molecule has 1 aliphatic rings. The molecule has 1 aliphatic heterocycles. The quantitative estimate of drug-likeness (QED) is 0.252. The number of Topliss-reactive ketones (excluding diaryl/α,β-unsaturated/α-hetero) is 1. The van der Waals surface area contributed by atoms with E-state index >= 15 is 0 Å². The molecule has 1 unspecified atom stereocenters. The summed E-state index contributed by atoms with van der Waals surface area (Å²) in [5.41, 5.74) is 0.565. The van der Waals surface area contributed by atoms with Crippen molar-refractivity contribution < 1.29 is 23.8 Å². The molecule has 3 aromatic carbocycles. The number of rotatable bonds is 4. The van der Waals surface area contributed by atoms with Gasteiger partial charge in [0.25, 0.3) is 11.7 Å². The number of methoxy groups -OCH3 is 1. The van der Waals surface area contributed by atoms with Gasteiger partial charge in [-0.2, -0.15) is 0 Å². The van der Waals surface area contributed by atoms with E-state index in [-0.39, 0.29) is 31.9 Å². The van der Waals surface area contributed by atoms with Gasteiger partial charge in [0.05, 0.1) is 33.8 Å². The molecule has 33 heavy (non-hydrogen) atoms. The largest absolute Gasteiger partial charge is 0.507 e. The molecule has 3 aromatic rings. The first kappa shape index (κ1) is 23.1. The van der Waals surface area contributed by atoms with E-state index in [1.165, 1.54) is 60.5 Å². The number of ether oxygens (including phenoxy) is 1. The van der Waals surface area contributed by atoms with E-state index in [1.54, 1.807) is 12.1 Å². The molecule has 0 bridgehead atoms. The maximum atomic E-state index is 13.5. The normalized spacial score (nSPS) is 17.5. The summed E-state index contributed by atoms with van der Waals surface area (Å²) in [5, 5.41) is 11.8. The zero-order valence-corrected chi connectivity index (χ0v) is 19.2. The van der Waals surface area contributed by atoms with Crippen LogP contribution in [0.2, 0.25) is 15.1 Å². The van der Waals surface area contributed by atoms with E-state index in [0.717, 1.165) is 0 Å². The summed E-state index contributed by atoms with van der Waals surface area (Å²) in [5.74, 6) is -2.45. The van der Waals surface area contributed by atoms with Gasteiger partial charge in [-0.3, -0.25) is 14.5 Å². The first-order chi connectivity index (χ1) is 15.7. The van der Waals surface area contributed by atoms with Crippen molar-refractivity contribution in [1.29, 1.82) is 0 Å². The molecule has 1 heterocycles. The molecule has 0 saturated carbocycles. The summed E-state index contributed by atoms with van der Waals surface area (Å²) >= 11 is 18.5. The highest BCUT2D eigenvalue weighted by Gasteiger charge is 2.47. The van der Waals surface area contributed by atoms with E-state index in [1.807, 2.05) is 0 Å². The molecule has 1 saturated heterocycles. The Morgan fingerprint density at radius 3 is 2.24 bits per heavy atom. The molecule has 0 radical (unpaired) electrons.